The van der Waals surface area contributed by atoms with Crippen LogP contribution in [0.2, 0.25) is 0 Å². The van der Waals surface area contributed by atoms with Gasteiger partial charge in [0.25, 0.3) is 0 Å². The molecule has 0 spiro atoms. The molecule has 0 saturated heterocycles. The fraction of sp³-hybridized carbons (Fsp3) is 0.857. The molecular weight excluding hydrogens is 176 g/mol. The Labute approximate surface area is 78.2 Å². The van der Waals surface area contributed by atoms with Crippen molar-refractivity contribution in [1.82, 2.24) is 5.32 Å². The number of carbonyl (C=O) groups is 1. The van der Waals surface area contributed by atoms with Gasteiger partial charge in [0, 0.05) is 13.0 Å². The van der Waals surface area contributed by atoms with E-state index < -0.39 is 0 Å². The first-order chi connectivity index (χ1) is 5.56. The Bertz CT molecular complexity index is 141. The highest BCUT2D eigenvalue weighted by atomic mass is 32.1. The lowest BCUT2D eigenvalue weighted by Crippen LogP contribution is -2.36. The van der Waals surface area contributed by atoms with Crippen molar-refractivity contribution in [3.8, 4) is 0 Å². The van der Waals surface area contributed by atoms with Crippen molar-refractivity contribution in [2.24, 2.45) is 5.73 Å². The second-order valence-corrected chi connectivity index (χ2v) is 3.21. The molecule has 72 valence electrons. The third-order valence-corrected chi connectivity index (χ3v) is 1.26. The Morgan fingerprint density at radius 2 is 2.25 bits per heavy atom. The van der Waals surface area contributed by atoms with E-state index >= 15 is 0 Å². The van der Waals surface area contributed by atoms with E-state index in [0.717, 1.165) is 0 Å². The maximum absolute atomic E-state index is 10.9. The van der Waals surface area contributed by atoms with Crippen LogP contribution in [0.5, 0.6) is 0 Å². The second-order valence-electron chi connectivity index (χ2n) is 2.48. The van der Waals surface area contributed by atoms with Crippen molar-refractivity contribution < 1.29 is 9.53 Å². The van der Waals surface area contributed by atoms with Crippen LogP contribution in [-0.2, 0) is 9.53 Å². The molecular formula is C7H16N2O2S. The SMILES string of the molecule is CC(S)OC(C)NC(=O)CCN. The van der Waals surface area contributed by atoms with Crippen LogP contribution >= 0.6 is 12.6 Å². The van der Waals surface area contributed by atoms with Crippen molar-refractivity contribution in [2.75, 3.05) is 6.54 Å². The van der Waals surface area contributed by atoms with Gasteiger partial charge in [-0.05, 0) is 13.8 Å². The van der Waals surface area contributed by atoms with Crippen LogP contribution in [0.3, 0.4) is 0 Å². The van der Waals surface area contributed by atoms with Gasteiger partial charge in [-0.3, -0.25) is 4.79 Å². The van der Waals surface area contributed by atoms with Crippen molar-refractivity contribution in [2.45, 2.75) is 31.9 Å². The summed E-state index contributed by atoms with van der Waals surface area (Å²) in [5, 5.41) is 2.62. The Morgan fingerprint density at radius 1 is 1.67 bits per heavy atom. The van der Waals surface area contributed by atoms with E-state index in [-0.39, 0.29) is 17.6 Å². The summed E-state index contributed by atoms with van der Waals surface area (Å²) in [6.45, 7) is 3.89. The van der Waals surface area contributed by atoms with Gasteiger partial charge in [0.05, 0.1) is 5.44 Å². The molecule has 5 heteroatoms. The summed E-state index contributed by atoms with van der Waals surface area (Å²) in [6, 6.07) is 0. The zero-order valence-corrected chi connectivity index (χ0v) is 8.30. The second kappa shape index (κ2) is 6.28. The Balaban J connectivity index is 3.54. The predicted octanol–water partition coefficient (Wildman–Crippen LogP) is 0.0898. The summed E-state index contributed by atoms with van der Waals surface area (Å²) in [5.74, 6) is -0.0982. The summed E-state index contributed by atoms with van der Waals surface area (Å²) >= 11 is 4.01. The normalized spacial score (nSPS) is 15.3. The van der Waals surface area contributed by atoms with E-state index in [1.54, 1.807) is 13.8 Å². The molecule has 0 aromatic rings. The van der Waals surface area contributed by atoms with Crippen molar-refractivity contribution in [3.63, 3.8) is 0 Å². The molecule has 2 unspecified atom stereocenters. The summed E-state index contributed by atoms with van der Waals surface area (Å²) in [6.07, 6.45) is 0.0193. The molecule has 0 radical (unpaired) electrons. The van der Waals surface area contributed by atoms with Crippen molar-refractivity contribution >= 4 is 18.5 Å². The van der Waals surface area contributed by atoms with Gasteiger partial charge in [0.15, 0.2) is 0 Å². The first kappa shape index (κ1) is 11.7. The Kier molecular flexibility index (Phi) is 6.14. The third-order valence-electron chi connectivity index (χ3n) is 1.14. The lowest BCUT2D eigenvalue weighted by Gasteiger charge is -2.16. The standard InChI is InChI=1S/C7H16N2O2S/c1-5(11-6(2)12)9-7(10)3-4-8/h5-6,12H,3-4,8H2,1-2H3,(H,9,10). The minimum absolute atomic E-state index is 0.0982. The zero-order chi connectivity index (χ0) is 9.56. The molecule has 0 aliphatic rings. The topological polar surface area (TPSA) is 64.3 Å². The Hall–Kier alpha value is -0.260. The van der Waals surface area contributed by atoms with E-state index in [4.69, 9.17) is 10.5 Å². The lowest BCUT2D eigenvalue weighted by molar-refractivity contribution is -0.125. The number of ether oxygens (including phenoxy) is 1. The average Bonchev–Trinajstić information content (AvgIpc) is 1.84. The summed E-state index contributed by atoms with van der Waals surface area (Å²) in [5.41, 5.74) is 5.01. The van der Waals surface area contributed by atoms with E-state index in [9.17, 15) is 4.79 Å². The van der Waals surface area contributed by atoms with Gasteiger partial charge in [-0.1, -0.05) is 0 Å². The van der Waals surface area contributed by atoms with Gasteiger partial charge in [0.2, 0.25) is 5.91 Å². The zero-order valence-electron chi connectivity index (χ0n) is 7.41. The van der Waals surface area contributed by atoms with Crippen LogP contribution in [0.1, 0.15) is 20.3 Å². The molecule has 12 heavy (non-hydrogen) atoms. The molecule has 3 N–H and O–H groups in total. The first-order valence-corrected chi connectivity index (χ1v) is 4.41. The molecule has 0 fully saturated rings. The molecule has 0 aliphatic carbocycles. The highest BCUT2D eigenvalue weighted by molar-refractivity contribution is 7.80. The Morgan fingerprint density at radius 3 is 2.67 bits per heavy atom. The number of carbonyl (C=O) groups excluding carboxylic acids is 1. The molecule has 0 heterocycles. The van der Waals surface area contributed by atoms with Crippen molar-refractivity contribution in [1.29, 1.82) is 0 Å². The monoisotopic (exact) mass is 192 g/mol. The molecule has 2 atom stereocenters. The van der Waals surface area contributed by atoms with Crippen molar-refractivity contribution in [3.05, 3.63) is 0 Å². The highest BCUT2D eigenvalue weighted by Crippen LogP contribution is 1.98. The predicted molar refractivity (Wildman–Crippen MR) is 50.8 cm³/mol. The number of rotatable bonds is 5. The van der Waals surface area contributed by atoms with Crippen LogP contribution in [0.15, 0.2) is 0 Å². The quantitative estimate of drug-likeness (QED) is 0.427. The van der Waals surface area contributed by atoms with Crippen LogP contribution in [0.25, 0.3) is 0 Å². The molecule has 0 saturated carbocycles. The van der Waals surface area contributed by atoms with Gasteiger partial charge >= 0.3 is 0 Å². The summed E-state index contributed by atoms with van der Waals surface area (Å²) in [7, 11) is 0. The smallest absolute Gasteiger partial charge is 0.223 e. The fourth-order valence-corrected chi connectivity index (χ4v) is 0.942. The number of thiol groups is 1. The van der Waals surface area contributed by atoms with Crippen LogP contribution in [0, 0.1) is 0 Å². The minimum Gasteiger partial charge on any atom is -0.346 e. The maximum atomic E-state index is 10.9. The average molecular weight is 192 g/mol. The number of amides is 1. The number of hydrogen-bond donors (Lipinski definition) is 3. The fourth-order valence-electron chi connectivity index (χ4n) is 0.759. The molecule has 4 nitrogen and oxygen atoms in total. The van der Waals surface area contributed by atoms with Crippen LogP contribution in [-0.4, -0.2) is 24.1 Å². The van der Waals surface area contributed by atoms with Gasteiger partial charge < -0.3 is 15.8 Å². The molecule has 0 aromatic carbocycles. The largest absolute Gasteiger partial charge is 0.346 e. The van der Waals surface area contributed by atoms with E-state index in [0.29, 0.717) is 13.0 Å². The molecule has 0 aromatic heterocycles. The number of hydrogen-bond acceptors (Lipinski definition) is 4. The van der Waals surface area contributed by atoms with E-state index in [1.165, 1.54) is 0 Å². The van der Waals surface area contributed by atoms with Gasteiger partial charge in [-0.25, -0.2) is 0 Å². The van der Waals surface area contributed by atoms with Gasteiger partial charge in [-0.2, -0.15) is 0 Å². The highest BCUT2D eigenvalue weighted by Gasteiger charge is 2.07. The molecule has 1 amide bonds. The maximum Gasteiger partial charge on any atom is 0.223 e. The van der Waals surface area contributed by atoms with Gasteiger partial charge in [-0.15, -0.1) is 12.6 Å². The number of nitrogens with two attached hydrogens (primary N) is 1. The first-order valence-electron chi connectivity index (χ1n) is 3.89. The minimum atomic E-state index is -0.309. The summed E-state index contributed by atoms with van der Waals surface area (Å²) < 4.78 is 5.16. The lowest BCUT2D eigenvalue weighted by atomic mass is 10.4. The van der Waals surface area contributed by atoms with Crippen LogP contribution < -0.4 is 11.1 Å². The van der Waals surface area contributed by atoms with Gasteiger partial charge in [0.1, 0.15) is 6.23 Å². The number of nitrogens with one attached hydrogen (secondary N) is 1. The molecule has 0 rings (SSSR count). The third kappa shape index (κ3) is 6.45. The van der Waals surface area contributed by atoms with Crippen LogP contribution in [0.4, 0.5) is 0 Å². The molecule has 0 aliphatic heterocycles. The molecule has 0 bridgehead atoms. The summed E-state index contributed by atoms with van der Waals surface area (Å²) in [4.78, 5) is 10.9. The van der Waals surface area contributed by atoms with E-state index in [2.05, 4.69) is 17.9 Å². The van der Waals surface area contributed by atoms with E-state index in [1.807, 2.05) is 0 Å².